The molecule has 1 atom stereocenters. The number of ether oxygens (including phenoxy) is 2. The van der Waals surface area contributed by atoms with Crippen molar-refractivity contribution in [3.63, 3.8) is 0 Å². The highest BCUT2D eigenvalue weighted by molar-refractivity contribution is 6.32. The SMILES string of the molecule is COC(=O)C(=O)N1Cc2cc(O)ccc2CC1C(=O)OC. The van der Waals surface area contributed by atoms with E-state index in [1.165, 1.54) is 19.2 Å². The third-order valence-electron chi connectivity index (χ3n) is 3.41. The molecular weight excluding hydrogens is 278 g/mol. The Balaban J connectivity index is 2.38. The summed E-state index contributed by atoms with van der Waals surface area (Å²) in [6.45, 7) is 0.0252. The van der Waals surface area contributed by atoms with Crippen LogP contribution in [0.15, 0.2) is 18.2 Å². The van der Waals surface area contributed by atoms with Gasteiger partial charge in [0.05, 0.1) is 14.2 Å². The van der Waals surface area contributed by atoms with E-state index in [9.17, 15) is 19.5 Å². The second-order valence-electron chi connectivity index (χ2n) is 4.62. The number of benzene rings is 1. The Bertz CT molecular complexity index is 597. The van der Waals surface area contributed by atoms with E-state index >= 15 is 0 Å². The van der Waals surface area contributed by atoms with Crippen molar-refractivity contribution in [3.05, 3.63) is 29.3 Å². The van der Waals surface area contributed by atoms with Gasteiger partial charge >= 0.3 is 17.8 Å². The standard InChI is InChI=1S/C14H15NO6/c1-20-13(18)11-6-8-3-4-10(16)5-9(8)7-15(11)12(17)14(19)21-2/h3-5,11,16H,6-7H2,1-2H3. The molecule has 1 aliphatic rings. The number of carbonyl (C=O) groups is 3. The summed E-state index contributed by atoms with van der Waals surface area (Å²) in [7, 11) is 2.31. The molecule has 0 bridgehead atoms. The molecule has 112 valence electrons. The Morgan fingerprint density at radius 1 is 1.19 bits per heavy atom. The van der Waals surface area contributed by atoms with Crippen LogP contribution in [0.3, 0.4) is 0 Å². The highest BCUT2D eigenvalue weighted by Crippen LogP contribution is 2.27. The minimum absolute atomic E-state index is 0.0252. The van der Waals surface area contributed by atoms with E-state index in [0.29, 0.717) is 5.56 Å². The number of fused-ring (bicyclic) bond motifs is 1. The fourth-order valence-corrected chi connectivity index (χ4v) is 2.34. The number of methoxy groups -OCH3 is 2. The number of phenolic OH excluding ortho intramolecular Hbond substituents is 1. The van der Waals surface area contributed by atoms with E-state index in [0.717, 1.165) is 17.6 Å². The summed E-state index contributed by atoms with van der Waals surface area (Å²) < 4.78 is 9.09. The van der Waals surface area contributed by atoms with Crippen molar-refractivity contribution >= 4 is 17.8 Å². The smallest absolute Gasteiger partial charge is 0.396 e. The number of aromatic hydroxyl groups is 1. The van der Waals surface area contributed by atoms with E-state index in [-0.39, 0.29) is 18.7 Å². The average Bonchev–Trinajstić information content (AvgIpc) is 2.51. The van der Waals surface area contributed by atoms with Crippen LogP contribution in [0.2, 0.25) is 0 Å². The highest BCUT2D eigenvalue weighted by atomic mass is 16.5. The predicted molar refractivity (Wildman–Crippen MR) is 70.2 cm³/mol. The molecule has 0 aromatic heterocycles. The van der Waals surface area contributed by atoms with Crippen LogP contribution in [0.1, 0.15) is 11.1 Å². The first-order valence-electron chi connectivity index (χ1n) is 6.25. The minimum atomic E-state index is -1.05. The first-order chi connectivity index (χ1) is 9.97. The van der Waals surface area contributed by atoms with E-state index in [2.05, 4.69) is 9.47 Å². The third kappa shape index (κ3) is 2.81. The molecule has 1 amide bonds. The number of amides is 1. The molecule has 1 aliphatic heterocycles. The van der Waals surface area contributed by atoms with Crippen LogP contribution in [-0.2, 0) is 36.8 Å². The van der Waals surface area contributed by atoms with Crippen molar-refractivity contribution in [2.45, 2.75) is 19.0 Å². The maximum atomic E-state index is 12.0. The zero-order valence-corrected chi connectivity index (χ0v) is 11.7. The van der Waals surface area contributed by atoms with E-state index in [1.54, 1.807) is 6.07 Å². The van der Waals surface area contributed by atoms with Gasteiger partial charge in [-0.3, -0.25) is 4.79 Å². The molecule has 2 rings (SSSR count). The van der Waals surface area contributed by atoms with Crippen molar-refractivity contribution in [2.24, 2.45) is 0 Å². The van der Waals surface area contributed by atoms with E-state index < -0.39 is 23.9 Å². The van der Waals surface area contributed by atoms with Gasteiger partial charge in [-0.25, -0.2) is 9.59 Å². The first-order valence-corrected chi connectivity index (χ1v) is 6.25. The molecule has 1 aromatic carbocycles. The maximum Gasteiger partial charge on any atom is 0.396 e. The number of carbonyl (C=O) groups excluding carboxylic acids is 3. The number of nitrogens with zero attached hydrogens (tertiary/aromatic N) is 1. The second-order valence-corrected chi connectivity index (χ2v) is 4.62. The van der Waals surface area contributed by atoms with Crippen molar-refractivity contribution in [1.82, 2.24) is 4.90 Å². The molecule has 1 aromatic rings. The molecule has 1 heterocycles. The molecule has 7 nitrogen and oxygen atoms in total. The Hall–Kier alpha value is -2.57. The molecule has 0 aliphatic carbocycles. The van der Waals surface area contributed by atoms with Gasteiger partial charge in [-0.2, -0.15) is 0 Å². The number of hydrogen-bond donors (Lipinski definition) is 1. The summed E-state index contributed by atoms with van der Waals surface area (Å²) in [5.41, 5.74) is 1.49. The molecule has 7 heteroatoms. The molecule has 1 unspecified atom stereocenters. The zero-order valence-electron chi connectivity index (χ0n) is 11.7. The lowest BCUT2D eigenvalue weighted by molar-refractivity contribution is -0.164. The van der Waals surface area contributed by atoms with E-state index in [4.69, 9.17) is 0 Å². The Kier molecular flexibility index (Phi) is 4.11. The maximum absolute atomic E-state index is 12.0. The predicted octanol–water partition coefficient (Wildman–Crippen LogP) is -0.00850. The average molecular weight is 293 g/mol. The lowest BCUT2D eigenvalue weighted by atomic mass is 9.93. The van der Waals surface area contributed by atoms with Gasteiger partial charge in [-0.1, -0.05) is 6.07 Å². The van der Waals surface area contributed by atoms with Gasteiger partial charge < -0.3 is 19.5 Å². The fraction of sp³-hybridized carbons (Fsp3) is 0.357. The summed E-state index contributed by atoms with van der Waals surface area (Å²) in [6, 6.07) is 3.80. The summed E-state index contributed by atoms with van der Waals surface area (Å²) in [4.78, 5) is 36.4. The topological polar surface area (TPSA) is 93.1 Å². The molecule has 0 saturated carbocycles. The number of hydrogen-bond acceptors (Lipinski definition) is 6. The van der Waals surface area contributed by atoms with E-state index in [1.807, 2.05) is 0 Å². The summed E-state index contributed by atoms with van der Waals surface area (Å²) in [5, 5.41) is 9.50. The summed E-state index contributed by atoms with van der Waals surface area (Å²) in [5.74, 6) is -2.52. The molecule has 0 spiro atoms. The highest BCUT2D eigenvalue weighted by Gasteiger charge is 2.38. The van der Waals surface area contributed by atoms with Crippen molar-refractivity contribution in [2.75, 3.05) is 14.2 Å². The minimum Gasteiger partial charge on any atom is -0.508 e. The van der Waals surface area contributed by atoms with Crippen LogP contribution in [0.25, 0.3) is 0 Å². The second kappa shape index (κ2) is 5.82. The summed E-state index contributed by atoms with van der Waals surface area (Å²) >= 11 is 0. The molecule has 0 fully saturated rings. The van der Waals surface area contributed by atoms with Gasteiger partial charge in [-0.05, 0) is 23.3 Å². The lowest BCUT2D eigenvalue weighted by Gasteiger charge is -2.34. The largest absolute Gasteiger partial charge is 0.508 e. The van der Waals surface area contributed by atoms with Gasteiger partial charge in [0.15, 0.2) is 0 Å². The van der Waals surface area contributed by atoms with Crippen LogP contribution in [-0.4, -0.2) is 48.1 Å². The first kappa shape index (κ1) is 14.8. The summed E-state index contributed by atoms with van der Waals surface area (Å²) in [6.07, 6.45) is 0.213. The Morgan fingerprint density at radius 3 is 2.52 bits per heavy atom. The number of phenols is 1. The molecule has 0 saturated heterocycles. The molecule has 1 N–H and O–H groups in total. The number of rotatable bonds is 1. The van der Waals surface area contributed by atoms with Crippen molar-refractivity contribution in [1.29, 1.82) is 0 Å². The molecule has 0 radical (unpaired) electrons. The van der Waals surface area contributed by atoms with Crippen LogP contribution in [0.5, 0.6) is 5.75 Å². The van der Waals surface area contributed by atoms with Gasteiger partial charge in [0.1, 0.15) is 11.8 Å². The van der Waals surface area contributed by atoms with Crippen LogP contribution in [0, 0.1) is 0 Å². The van der Waals surface area contributed by atoms with Crippen LogP contribution < -0.4 is 0 Å². The number of esters is 2. The van der Waals surface area contributed by atoms with Gasteiger partial charge in [0, 0.05) is 13.0 Å². The third-order valence-corrected chi connectivity index (χ3v) is 3.41. The zero-order chi connectivity index (χ0) is 15.6. The fourth-order valence-electron chi connectivity index (χ4n) is 2.34. The van der Waals surface area contributed by atoms with Crippen LogP contribution >= 0.6 is 0 Å². The quantitative estimate of drug-likeness (QED) is 0.578. The van der Waals surface area contributed by atoms with Crippen molar-refractivity contribution < 1.29 is 29.0 Å². The normalized spacial score (nSPS) is 16.9. The Labute approximate surface area is 121 Å². The van der Waals surface area contributed by atoms with Crippen molar-refractivity contribution in [3.8, 4) is 5.75 Å². The molecular formula is C14H15NO6. The van der Waals surface area contributed by atoms with Gasteiger partial charge in [0.25, 0.3) is 0 Å². The van der Waals surface area contributed by atoms with Crippen LogP contribution in [0.4, 0.5) is 0 Å². The monoisotopic (exact) mass is 293 g/mol. The van der Waals surface area contributed by atoms with Gasteiger partial charge in [0.2, 0.25) is 0 Å². The lowest BCUT2D eigenvalue weighted by Crippen LogP contribution is -2.51. The Morgan fingerprint density at radius 2 is 1.90 bits per heavy atom. The van der Waals surface area contributed by atoms with Gasteiger partial charge in [-0.15, -0.1) is 0 Å². The molecule has 21 heavy (non-hydrogen) atoms.